The molecule has 1 aliphatic heterocycles. The second kappa shape index (κ2) is 4.42. The van der Waals surface area contributed by atoms with E-state index in [0.717, 1.165) is 25.5 Å². The van der Waals surface area contributed by atoms with Gasteiger partial charge in [0.1, 0.15) is 5.82 Å². The molecule has 1 saturated heterocycles. The minimum atomic E-state index is 0.429. The zero-order valence-corrected chi connectivity index (χ0v) is 8.49. The van der Waals surface area contributed by atoms with E-state index >= 15 is 0 Å². The van der Waals surface area contributed by atoms with Crippen LogP contribution in [0.15, 0.2) is 18.3 Å². The number of rotatable bonds is 2. The number of nitrogens with one attached hydrogen (secondary N) is 1. The molecule has 1 aromatic rings. The first-order valence-electron chi connectivity index (χ1n) is 5.11. The van der Waals surface area contributed by atoms with Crippen molar-refractivity contribution < 1.29 is 4.74 Å². The quantitative estimate of drug-likeness (QED) is 0.778. The van der Waals surface area contributed by atoms with Crippen molar-refractivity contribution in [2.75, 3.05) is 18.5 Å². The molecule has 0 radical (unpaired) electrons. The SMILES string of the molecule is Cc1ccnc(N[C@@H]2CCCOC2)c1. The van der Waals surface area contributed by atoms with Crippen LogP contribution < -0.4 is 5.32 Å². The lowest BCUT2D eigenvalue weighted by Gasteiger charge is -2.23. The van der Waals surface area contributed by atoms with Gasteiger partial charge in [0, 0.05) is 12.8 Å². The van der Waals surface area contributed by atoms with Crippen molar-refractivity contribution in [3.8, 4) is 0 Å². The van der Waals surface area contributed by atoms with Crippen LogP contribution in [0, 0.1) is 6.92 Å². The van der Waals surface area contributed by atoms with Crippen LogP contribution in [-0.2, 0) is 4.74 Å². The summed E-state index contributed by atoms with van der Waals surface area (Å²) in [6.45, 7) is 3.78. The summed E-state index contributed by atoms with van der Waals surface area (Å²) < 4.78 is 5.39. The Morgan fingerprint density at radius 1 is 1.57 bits per heavy atom. The lowest BCUT2D eigenvalue weighted by Crippen LogP contribution is -2.30. The lowest BCUT2D eigenvalue weighted by molar-refractivity contribution is 0.0875. The summed E-state index contributed by atoms with van der Waals surface area (Å²) >= 11 is 0. The predicted molar refractivity (Wildman–Crippen MR) is 56.4 cm³/mol. The van der Waals surface area contributed by atoms with Gasteiger partial charge in [-0.05, 0) is 37.5 Å². The predicted octanol–water partition coefficient (Wildman–Crippen LogP) is 1.98. The molecule has 1 aliphatic rings. The van der Waals surface area contributed by atoms with Crippen LogP contribution in [0.3, 0.4) is 0 Å². The van der Waals surface area contributed by atoms with Crippen LogP contribution in [0.2, 0.25) is 0 Å². The third kappa shape index (κ3) is 2.45. The van der Waals surface area contributed by atoms with E-state index in [1.165, 1.54) is 12.0 Å². The van der Waals surface area contributed by atoms with Gasteiger partial charge < -0.3 is 10.1 Å². The first-order valence-corrected chi connectivity index (χ1v) is 5.11. The van der Waals surface area contributed by atoms with Gasteiger partial charge in [0.2, 0.25) is 0 Å². The van der Waals surface area contributed by atoms with E-state index in [0.29, 0.717) is 6.04 Å². The van der Waals surface area contributed by atoms with Gasteiger partial charge in [-0.3, -0.25) is 0 Å². The van der Waals surface area contributed by atoms with Crippen molar-refractivity contribution in [3.05, 3.63) is 23.9 Å². The van der Waals surface area contributed by atoms with Crippen LogP contribution in [0.1, 0.15) is 18.4 Å². The highest BCUT2D eigenvalue weighted by Gasteiger charge is 2.13. The maximum absolute atomic E-state index is 5.39. The maximum atomic E-state index is 5.39. The summed E-state index contributed by atoms with van der Waals surface area (Å²) in [5, 5.41) is 3.39. The van der Waals surface area contributed by atoms with Gasteiger partial charge in [-0.1, -0.05) is 0 Å². The highest BCUT2D eigenvalue weighted by Crippen LogP contribution is 2.12. The molecule has 14 heavy (non-hydrogen) atoms. The number of anilines is 1. The molecule has 0 unspecified atom stereocenters. The number of nitrogens with zero attached hydrogens (tertiary/aromatic N) is 1. The minimum Gasteiger partial charge on any atom is -0.379 e. The van der Waals surface area contributed by atoms with Gasteiger partial charge in [-0.25, -0.2) is 4.98 Å². The summed E-state index contributed by atoms with van der Waals surface area (Å²) in [6, 6.07) is 4.50. The second-order valence-corrected chi connectivity index (χ2v) is 3.78. The summed E-state index contributed by atoms with van der Waals surface area (Å²) in [7, 11) is 0. The smallest absolute Gasteiger partial charge is 0.126 e. The fraction of sp³-hybridized carbons (Fsp3) is 0.545. The molecule has 0 spiro atoms. The molecule has 1 aromatic heterocycles. The van der Waals surface area contributed by atoms with Crippen LogP contribution >= 0.6 is 0 Å². The van der Waals surface area contributed by atoms with Gasteiger partial charge in [0.15, 0.2) is 0 Å². The van der Waals surface area contributed by atoms with Gasteiger partial charge >= 0.3 is 0 Å². The molecule has 1 atom stereocenters. The van der Waals surface area contributed by atoms with Crippen LogP contribution in [0.25, 0.3) is 0 Å². The Hall–Kier alpha value is -1.09. The minimum absolute atomic E-state index is 0.429. The molecule has 3 heteroatoms. The zero-order chi connectivity index (χ0) is 9.80. The van der Waals surface area contributed by atoms with Gasteiger partial charge in [0.05, 0.1) is 12.6 Å². The topological polar surface area (TPSA) is 34.2 Å². The Morgan fingerprint density at radius 3 is 3.21 bits per heavy atom. The number of ether oxygens (including phenoxy) is 1. The Labute approximate surface area is 84.5 Å². The van der Waals surface area contributed by atoms with E-state index in [1.54, 1.807) is 0 Å². The molecule has 1 fully saturated rings. The average molecular weight is 192 g/mol. The fourth-order valence-electron chi connectivity index (χ4n) is 1.68. The van der Waals surface area contributed by atoms with Crippen molar-refractivity contribution in [1.82, 2.24) is 4.98 Å². The summed E-state index contributed by atoms with van der Waals surface area (Å²) in [5.41, 5.74) is 1.24. The highest BCUT2D eigenvalue weighted by atomic mass is 16.5. The molecule has 0 aliphatic carbocycles. The average Bonchev–Trinajstić information content (AvgIpc) is 2.19. The van der Waals surface area contributed by atoms with Crippen molar-refractivity contribution in [1.29, 1.82) is 0 Å². The highest BCUT2D eigenvalue weighted by molar-refractivity contribution is 5.38. The molecule has 0 amide bonds. The third-order valence-electron chi connectivity index (χ3n) is 2.43. The van der Waals surface area contributed by atoms with Crippen LogP contribution in [-0.4, -0.2) is 24.2 Å². The molecule has 2 heterocycles. The van der Waals surface area contributed by atoms with Gasteiger partial charge in [-0.2, -0.15) is 0 Å². The summed E-state index contributed by atoms with van der Waals surface area (Å²) in [5.74, 6) is 0.959. The number of aromatic nitrogens is 1. The standard InChI is InChI=1S/C11H16N2O/c1-9-4-5-12-11(7-9)13-10-3-2-6-14-8-10/h4-5,7,10H,2-3,6,8H2,1H3,(H,12,13)/t10-/m1/s1. The third-order valence-corrected chi connectivity index (χ3v) is 2.43. The monoisotopic (exact) mass is 192 g/mol. The van der Waals surface area contributed by atoms with Crippen LogP contribution in [0.4, 0.5) is 5.82 Å². The number of aryl methyl sites for hydroxylation is 1. The fourth-order valence-corrected chi connectivity index (χ4v) is 1.68. The second-order valence-electron chi connectivity index (χ2n) is 3.78. The van der Waals surface area contributed by atoms with E-state index in [9.17, 15) is 0 Å². The Kier molecular flexibility index (Phi) is 2.99. The van der Waals surface area contributed by atoms with Crippen molar-refractivity contribution in [2.45, 2.75) is 25.8 Å². The molecule has 76 valence electrons. The molecule has 1 N–H and O–H groups in total. The first-order chi connectivity index (χ1) is 6.84. The molecule has 0 saturated carbocycles. The van der Waals surface area contributed by atoms with E-state index < -0.39 is 0 Å². The van der Waals surface area contributed by atoms with E-state index in [-0.39, 0.29) is 0 Å². The van der Waals surface area contributed by atoms with E-state index in [2.05, 4.69) is 23.3 Å². The molecule has 0 aromatic carbocycles. The summed E-state index contributed by atoms with van der Waals surface area (Å²) in [4.78, 5) is 4.27. The van der Waals surface area contributed by atoms with E-state index in [4.69, 9.17) is 4.74 Å². The van der Waals surface area contributed by atoms with Gasteiger partial charge in [-0.15, -0.1) is 0 Å². The largest absolute Gasteiger partial charge is 0.379 e. The molecule has 0 bridgehead atoms. The maximum Gasteiger partial charge on any atom is 0.126 e. The summed E-state index contributed by atoms with van der Waals surface area (Å²) in [6.07, 6.45) is 4.15. The molecular weight excluding hydrogens is 176 g/mol. The van der Waals surface area contributed by atoms with E-state index in [1.807, 2.05) is 12.3 Å². The Morgan fingerprint density at radius 2 is 2.50 bits per heavy atom. The van der Waals surface area contributed by atoms with Crippen molar-refractivity contribution >= 4 is 5.82 Å². The lowest BCUT2D eigenvalue weighted by atomic mass is 10.1. The number of hydrogen-bond acceptors (Lipinski definition) is 3. The van der Waals surface area contributed by atoms with Crippen molar-refractivity contribution in [3.63, 3.8) is 0 Å². The van der Waals surface area contributed by atoms with Gasteiger partial charge in [0.25, 0.3) is 0 Å². The van der Waals surface area contributed by atoms with Crippen LogP contribution in [0.5, 0.6) is 0 Å². The molecule has 3 nitrogen and oxygen atoms in total. The normalized spacial score (nSPS) is 21.9. The Bertz CT molecular complexity index is 295. The number of hydrogen-bond donors (Lipinski definition) is 1. The Balaban J connectivity index is 1.95. The number of pyridine rings is 1. The molecular formula is C11H16N2O. The molecule has 2 rings (SSSR count). The zero-order valence-electron chi connectivity index (χ0n) is 8.49. The van der Waals surface area contributed by atoms with Crippen molar-refractivity contribution in [2.24, 2.45) is 0 Å². The first kappa shape index (κ1) is 9.46.